The molecule has 12 nitrogen and oxygen atoms in total. The molecule has 0 aromatic heterocycles. The Hall–Kier alpha value is -4.88. The number of rotatable bonds is 13. The van der Waals surface area contributed by atoms with Gasteiger partial charge in [0.05, 0.1) is 26.4 Å². The molecule has 4 heterocycles. The summed E-state index contributed by atoms with van der Waals surface area (Å²) in [5, 5.41) is 6.74. The number of hydrogen-bond donors (Lipinski definition) is 1. The number of hydrogen-bond acceptors (Lipinski definition) is 10. The van der Waals surface area contributed by atoms with E-state index in [1.165, 1.54) is 9.80 Å². The monoisotopic (exact) mass is 718 g/mol. The number of carbonyl (C=O) groups is 4. The number of carbonyl (C=O) groups excluding carboxylic acids is 4. The van der Waals surface area contributed by atoms with E-state index in [4.69, 9.17) is 9.47 Å². The first kappa shape index (κ1) is 35.2. The van der Waals surface area contributed by atoms with Gasteiger partial charge in [0.25, 0.3) is 23.6 Å². The molecule has 4 aromatic carbocycles. The molecule has 4 aliphatic rings. The second-order valence-electron chi connectivity index (χ2n) is 14.0. The normalized spacial score (nSPS) is 17.6. The zero-order valence-electron chi connectivity index (χ0n) is 30.3. The molecule has 0 saturated carbocycles. The van der Waals surface area contributed by atoms with Gasteiger partial charge in [0.15, 0.2) is 0 Å². The average molecular weight is 719 g/mol. The maximum Gasteiger partial charge on any atom is 0.261 e. The van der Waals surface area contributed by atoms with Crippen molar-refractivity contribution in [3.63, 3.8) is 0 Å². The van der Waals surface area contributed by atoms with Gasteiger partial charge in [-0.1, -0.05) is 31.2 Å². The molecule has 0 spiro atoms. The molecule has 8 rings (SSSR count). The third-order valence-corrected chi connectivity index (χ3v) is 11.1. The molecule has 0 atom stereocenters. The topological polar surface area (TPSA) is 115 Å². The van der Waals surface area contributed by atoms with Crippen molar-refractivity contribution in [3.8, 4) is 0 Å². The van der Waals surface area contributed by atoms with Gasteiger partial charge in [-0.15, -0.1) is 0 Å². The van der Waals surface area contributed by atoms with Gasteiger partial charge in [0.1, 0.15) is 0 Å². The Morgan fingerprint density at radius 2 is 1.06 bits per heavy atom. The molecule has 1 N–H and O–H groups in total. The Balaban J connectivity index is 0.835. The highest BCUT2D eigenvalue weighted by Crippen LogP contribution is 2.38. The predicted molar refractivity (Wildman–Crippen MR) is 204 cm³/mol. The SMILES string of the molecule is CCN(CCCNCCN1C(=O)c2cccc3c(N4CCOCC4)ccc(c23)C1=O)CCN1C(=O)c2cccc3c(N4CCOCC4)ccc(c23)C1=O. The number of anilines is 2. The van der Waals surface area contributed by atoms with Gasteiger partial charge in [-0.2, -0.15) is 0 Å². The van der Waals surface area contributed by atoms with E-state index in [2.05, 4.69) is 26.9 Å². The third-order valence-electron chi connectivity index (χ3n) is 11.1. The molecule has 0 aliphatic carbocycles. The summed E-state index contributed by atoms with van der Waals surface area (Å²) in [6.07, 6.45) is 0.830. The van der Waals surface area contributed by atoms with Crippen LogP contribution in [0, 0.1) is 0 Å². The van der Waals surface area contributed by atoms with Crippen molar-refractivity contribution in [2.24, 2.45) is 0 Å². The minimum Gasteiger partial charge on any atom is -0.378 e. The van der Waals surface area contributed by atoms with Crippen LogP contribution in [0.5, 0.6) is 0 Å². The van der Waals surface area contributed by atoms with Gasteiger partial charge in [0, 0.05) is 108 Å². The van der Waals surface area contributed by atoms with Crippen LogP contribution in [-0.2, 0) is 9.47 Å². The second kappa shape index (κ2) is 15.2. The molecule has 0 bridgehead atoms. The summed E-state index contributed by atoms with van der Waals surface area (Å²) < 4.78 is 11.1. The Morgan fingerprint density at radius 1 is 0.585 bits per heavy atom. The molecule has 2 fully saturated rings. The Morgan fingerprint density at radius 3 is 1.55 bits per heavy atom. The van der Waals surface area contributed by atoms with E-state index in [0.29, 0.717) is 74.9 Å². The third kappa shape index (κ3) is 6.54. The highest BCUT2D eigenvalue weighted by Gasteiger charge is 2.35. The first-order valence-electron chi connectivity index (χ1n) is 18.9. The fourth-order valence-corrected chi connectivity index (χ4v) is 8.24. The largest absolute Gasteiger partial charge is 0.378 e. The molecule has 4 aliphatic heterocycles. The quantitative estimate of drug-likeness (QED) is 0.162. The van der Waals surface area contributed by atoms with Crippen molar-refractivity contribution >= 4 is 56.5 Å². The lowest BCUT2D eigenvalue weighted by atomic mass is 9.92. The lowest BCUT2D eigenvalue weighted by Gasteiger charge is -2.33. The smallest absolute Gasteiger partial charge is 0.261 e. The van der Waals surface area contributed by atoms with E-state index >= 15 is 0 Å². The molecule has 53 heavy (non-hydrogen) atoms. The lowest BCUT2D eigenvalue weighted by molar-refractivity contribution is 0.0586. The molecule has 12 heteroatoms. The van der Waals surface area contributed by atoms with Crippen LogP contribution >= 0.6 is 0 Å². The maximum atomic E-state index is 13.7. The van der Waals surface area contributed by atoms with Gasteiger partial charge < -0.3 is 29.5 Å². The van der Waals surface area contributed by atoms with Crippen LogP contribution in [0.3, 0.4) is 0 Å². The van der Waals surface area contributed by atoms with Crippen LogP contribution in [-0.4, -0.2) is 137 Å². The van der Waals surface area contributed by atoms with Crippen molar-refractivity contribution in [1.82, 2.24) is 20.0 Å². The number of amides is 4. The van der Waals surface area contributed by atoms with Crippen molar-refractivity contribution in [3.05, 3.63) is 82.9 Å². The van der Waals surface area contributed by atoms with Crippen LogP contribution in [0.15, 0.2) is 60.7 Å². The van der Waals surface area contributed by atoms with Crippen molar-refractivity contribution in [1.29, 1.82) is 0 Å². The number of imide groups is 2. The molecule has 4 amide bonds. The fraction of sp³-hybridized carbons (Fsp3) is 0.415. The first-order chi connectivity index (χ1) is 26.0. The summed E-state index contributed by atoms with van der Waals surface area (Å²) in [4.78, 5) is 64.0. The van der Waals surface area contributed by atoms with E-state index in [9.17, 15) is 19.2 Å². The highest BCUT2D eigenvalue weighted by molar-refractivity contribution is 6.28. The number of nitrogens with one attached hydrogen (secondary N) is 1. The Labute approximate surface area is 309 Å². The maximum absolute atomic E-state index is 13.7. The number of benzene rings is 4. The first-order valence-corrected chi connectivity index (χ1v) is 18.9. The van der Waals surface area contributed by atoms with Crippen molar-refractivity contribution in [2.45, 2.75) is 13.3 Å². The standard InChI is InChI=1S/C41H46N6O6/c1-2-43(18-19-47-39(49)31-9-4-7-29-35(45-22-26-53-27-23-45)13-11-33(37(29)31)41(47)51)16-5-14-42-15-17-46-38(48)30-8-3-6-28-34(44-20-24-52-25-21-44)12-10-32(36(28)30)40(46)50/h3-4,6-13,42H,2,5,14-27H2,1H3. The summed E-state index contributed by atoms with van der Waals surface area (Å²) in [7, 11) is 0. The van der Waals surface area contributed by atoms with Crippen LogP contribution in [0.1, 0.15) is 54.8 Å². The van der Waals surface area contributed by atoms with E-state index in [0.717, 1.165) is 78.6 Å². The number of likely N-dealkylation sites (N-methyl/N-ethyl adjacent to an activating group) is 1. The van der Waals surface area contributed by atoms with E-state index in [1.54, 1.807) is 0 Å². The molecule has 0 radical (unpaired) electrons. The zero-order chi connectivity index (χ0) is 36.5. The van der Waals surface area contributed by atoms with Gasteiger partial charge in [-0.05, 0) is 62.5 Å². The molecule has 0 unspecified atom stereocenters. The summed E-state index contributed by atoms with van der Waals surface area (Å²) in [5.74, 6) is -1.01. The minimum atomic E-state index is -0.260. The minimum absolute atomic E-state index is 0.247. The van der Waals surface area contributed by atoms with E-state index in [-0.39, 0.29) is 30.2 Å². The molecule has 276 valence electrons. The summed E-state index contributed by atoms with van der Waals surface area (Å²) in [6, 6.07) is 19.2. The van der Waals surface area contributed by atoms with Gasteiger partial charge in [-0.25, -0.2) is 0 Å². The second-order valence-corrected chi connectivity index (χ2v) is 14.0. The van der Waals surface area contributed by atoms with Gasteiger partial charge >= 0.3 is 0 Å². The van der Waals surface area contributed by atoms with Crippen molar-refractivity contribution < 1.29 is 28.7 Å². The van der Waals surface area contributed by atoms with Gasteiger partial charge in [0.2, 0.25) is 0 Å². The zero-order valence-corrected chi connectivity index (χ0v) is 30.3. The molecule has 4 aromatic rings. The van der Waals surface area contributed by atoms with Gasteiger partial charge in [-0.3, -0.25) is 29.0 Å². The number of ether oxygens (including phenoxy) is 2. The summed E-state index contributed by atoms with van der Waals surface area (Å²) in [5.41, 5.74) is 4.33. The number of nitrogens with zero attached hydrogens (tertiary/aromatic N) is 5. The number of morpholine rings is 2. The summed E-state index contributed by atoms with van der Waals surface area (Å²) >= 11 is 0. The predicted octanol–water partition coefficient (Wildman–Crippen LogP) is 3.86. The molecular weight excluding hydrogens is 672 g/mol. The van der Waals surface area contributed by atoms with E-state index < -0.39 is 0 Å². The average Bonchev–Trinajstić information content (AvgIpc) is 3.20. The van der Waals surface area contributed by atoms with Crippen molar-refractivity contribution in [2.75, 3.05) is 108 Å². The molecular formula is C41H46N6O6. The Bertz CT molecular complexity index is 2030. The summed E-state index contributed by atoms with van der Waals surface area (Å²) in [6.45, 7) is 11.7. The van der Waals surface area contributed by atoms with Crippen LogP contribution in [0.25, 0.3) is 21.5 Å². The van der Waals surface area contributed by atoms with Crippen LogP contribution < -0.4 is 15.1 Å². The van der Waals surface area contributed by atoms with Crippen LogP contribution in [0.4, 0.5) is 11.4 Å². The van der Waals surface area contributed by atoms with E-state index in [1.807, 2.05) is 60.7 Å². The Kier molecular flexibility index (Phi) is 10.1. The fourth-order valence-electron chi connectivity index (χ4n) is 8.24. The molecule has 2 saturated heterocycles. The van der Waals surface area contributed by atoms with Crippen LogP contribution in [0.2, 0.25) is 0 Å². The highest BCUT2D eigenvalue weighted by atomic mass is 16.5. The lowest BCUT2D eigenvalue weighted by Crippen LogP contribution is -2.45.